The molecule has 0 saturated carbocycles. The van der Waals surface area contributed by atoms with E-state index in [1.807, 2.05) is 0 Å². The standard InChI is InChI=1S/C19H30O2/c1-4-6-7-13-19(3)20-14-18(15-21-19)17-11-9-16(8-5-2)10-12-17/h9-12,18H,4-8,13-15H2,1-3H3. The number of hydrogen-bond donors (Lipinski definition) is 0. The van der Waals surface area contributed by atoms with Crippen LogP contribution in [0.25, 0.3) is 0 Å². The van der Waals surface area contributed by atoms with E-state index in [1.54, 1.807) is 0 Å². The van der Waals surface area contributed by atoms with Gasteiger partial charge in [-0.15, -0.1) is 0 Å². The normalized spacial score (nSPS) is 26.0. The van der Waals surface area contributed by atoms with Gasteiger partial charge in [0.25, 0.3) is 0 Å². The smallest absolute Gasteiger partial charge is 0.165 e. The molecule has 1 aromatic carbocycles. The van der Waals surface area contributed by atoms with Crippen LogP contribution in [-0.4, -0.2) is 19.0 Å². The number of aryl methyl sites for hydroxylation is 1. The highest BCUT2D eigenvalue weighted by atomic mass is 16.7. The lowest BCUT2D eigenvalue weighted by Gasteiger charge is -2.38. The SMILES string of the molecule is CCCCCC1(C)OCC(c2ccc(CCC)cc2)CO1. The first-order valence-corrected chi connectivity index (χ1v) is 8.53. The van der Waals surface area contributed by atoms with E-state index in [1.165, 1.54) is 36.8 Å². The largest absolute Gasteiger partial charge is 0.350 e. The van der Waals surface area contributed by atoms with Crippen LogP contribution in [0.15, 0.2) is 24.3 Å². The maximum Gasteiger partial charge on any atom is 0.165 e. The van der Waals surface area contributed by atoms with Gasteiger partial charge in [-0.1, -0.05) is 57.4 Å². The van der Waals surface area contributed by atoms with Crippen molar-refractivity contribution in [2.24, 2.45) is 0 Å². The predicted molar refractivity (Wildman–Crippen MR) is 87.6 cm³/mol. The lowest BCUT2D eigenvalue weighted by molar-refractivity contribution is -0.266. The second-order valence-corrected chi connectivity index (χ2v) is 6.40. The maximum absolute atomic E-state index is 6.03. The molecule has 2 rings (SSSR count). The van der Waals surface area contributed by atoms with Gasteiger partial charge in [0.05, 0.1) is 13.2 Å². The maximum atomic E-state index is 6.03. The Labute approximate surface area is 129 Å². The zero-order chi connectivity index (χ0) is 15.1. The molecule has 1 saturated heterocycles. The minimum atomic E-state index is -0.367. The fourth-order valence-electron chi connectivity index (χ4n) is 2.92. The van der Waals surface area contributed by atoms with Crippen LogP contribution in [0, 0.1) is 0 Å². The summed E-state index contributed by atoms with van der Waals surface area (Å²) in [4.78, 5) is 0. The van der Waals surface area contributed by atoms with Crippen LogP contribution in [-0.2, 0) is 15.9 Å². The van der Waals surface area contributed by atoms with Crippen LogP contribution in [0.3, 0.4) is 0 Å². The van der Waals surface area contributed by atoms with Crippen LogP contribution >= 0.6 is 0 Å². The summed E-state index contributed by atoms with van der Waals surface area (Å²) in [6.07, 6.45) is 7.04. The highest BCUT2D eigenvalue weighted by Gasteiger charge is 2.32. The fourth-order valence-corrected chi connectivity index (χ4v) is 2.92. The number of benzene rings is 1. The summed E-state index contributed by atoms with van der Waals surface area (Å²) in [5.74, 6) is 0.00769. The summed E-state index contributed by atoms with van der Waals surface area (Å²) in [6, 6.07) is 8.96. The third-order valence-corrected chi connectivity index (χ3v) is 4.40. The molecular weight excluding hydrogens is 260 g/mol. The summed E-state index contributed by atoms with van der Waals surface area (Å²) < 4.78 is 12.1. The van der Waals surface area contributed by atoms with E-state index in [0.717, 1.165) is 26.1 Å². The van der Waals surface area contributed by atoms with Crippen LogP contribution in [0.1, 0.15) is 69.9 Å². The van der Waals surface area contributed by atoms with Crippen molar-refractivity contribution < 1.29 is 9.47 Å². The monoisotopic (exact) mass is 290 g/mol. The molecule has 0 amide bonds. The highest BCUT2D eigenvalue weighted by molar-refractivity contribution is 5.26. The van der Waals surface area contributed by atoms with Gasteiger partial charge in [0.2, 0.25) is 0 Å². The predicted octanol–water partition coefficient (Wildman–Crippen LogP) is 5.07. The minimum absolute atomic E-state index is 0.367. The van der Waals surface area contributed by atoms with Crippen molar-refractivity contribution in [3.8, 4) is 0 Å². The zero-order valence-corrected chi connectivity index (χ0v) is 13.9. The Morgan fingerprint density at radius 2 is 1.67 bits per heavy atom. The molecule has 1 aliphatic rings. The lowest BCUT2D eigenvalue weighted by Crippen LogP contribution is -2.40. The Morgan fingerprint density at radius 3 is 2.24 bits per heavy atom. The Balaban J connectivity index is 1.85. The highest BCUT2D eigenvalue weighted by Crippen LogP contribution is 2.31. The lowest BCUT2D eigenvalue weighted by atomic mass is 9.97. The van der Waals surface area contributed by atoms with Crippen LogP contribution < -0.4 is 0 Å². The number of unbranched alkanes of at least 4 members (excludes halogenated alkanes) is 2. The second-order valence-electron chi connectivity index (χ2n) is 6.40. The Kier molecular flexibility index (Phi) is 6.25. The molecule has 21 heavy (non-hydrogen) atoms. The van der Waals surface area contributed by atoms with Crippen molar-refractivity contribution in [2.75, 3.05) is 13.2 Å². The van der Waals surface area contributed by atoms with Crippen molar-refractivity contribution in [3.05, 3.63) is 35.4 Å². The van der Waals surface area contributed by atoms with Gasteiger partial charge in [-0.2, -0.15) is 0 Å². The summed E-state index contributed by atoms with van der Waals surface area (Å²) in [5.41, 5.74) is 2.76. The van der Waals surface area contributed by atoms with E-state index in [2.05, 4.69) is 45.0 Å². The van der Waals surface area contributed by atoms with Gasteiger partial charge in [-0.25, -0.2) is 0 Å². The number of ether oxygens (including phenoxy) is 2. The van der Waals surface area contributed by atoms with Gasteiger partial charge in [-0.05, 0) is 30.9 Å². The van der Waals surface area contributed by atoms with E-state index >= 15 is 0 Å². The summed E-state index contributed by atoms with van der Waals surface area (Å²) in [7, 11) is 0. The molecule has 1 fully saturated rings. The van der Waals surface area contributed by atoms with E-state index in [9.17, 15) is 0 Å². The van der Waals surface area contributed by atoms with Crippen molar-refractivity contribution in [2.45, 2.75) is 71.0 Å². The molecule has 0 N–H and O–H groups in total. The molecule has 0 bridgehead atoms. The molecule has 0 radical (unpaired) electrons. The van der Waals surface area contributed by atoms with E-state index < -0.39 is 0 Å². The Morgan fingerprint density at radius 1 is 1.00 bits per heavy atom. The van der Waals surface area contributed by atoms with E-state index in [-0.39, 0.29) is 5.79 Å². The Hall–Kier alpha value is -0.860. The number of hydrogen-bond acceptors (Lipinski definition) is 2. The van der Waals surface area contributed by atoms with Crippen molar-refractivity contribution in [1.82, 2.24) is 0 Å². The molecule has 1 aromatic rings. The van der Waals surface area contributed by atoms with E-state index in [4.69, 9.17) is 9.47 Å². The van der Waals surface area contributed by atoms with Crippen LogP contribution in [0.5, 0.6) is 0 Å². The fraction of sp³-hybridized carbons (Fsp3) is 0.684. The third-order valence-electron chi connectivity index (χ3n) is 4.40. The first-order valence-electron chi connectivity index (χ1n) is 8.53. The van der Waals surface area contributed by atoms with Gasteiger partial charge in [0.1, 0.15) is 0 Å². The molecular formula is C19H30O2. The minimum Gasteiger partial charge on any atom is -0.350 e. The molecule has 2 nitrogen and oxygen atoms in total. The molecule has 2 heteroatoms. The van der Waals surface area contributed by atoms with Gasteiger partial charge >= 0.3 is 0 Å². The second kappa shape index (κ2) is 7.95. The quantitative estimate of drug-likeness (QED) is 0.653. The molecule has 0 aromatic heterocycles. The average molecular weight is 290 g/mol. The van der Waals surface area contributed by atoms with Crippen molar-refractivity contribution in [3.63, 3.8) is 0 Å². The van der Waals surface area contributed by atoms with Crippen LogP contribution in [0.4, 0.5) is 0 Å². The zero-order valence-electron chi connectivity index (χ0n) is 13.9. The summed E-state index contributed by atoms with van der Waals surface area (Å²) >= 11 is 0. The van der Waals surface area contributed by atoms with E-state index in [0.29, 0.717) is 5.92 Å². The van der Waals surface area contributed by atoms with Crippen molar-refractivity contribution in [1.29, 1.82) is 0 Å². The van der Waals surface area contributed by atoms with Gasteiger partial charge < -0.3 is 9.47 Å². The van der Waals surface area contributed by atoms with Gasteiger partial charge in [0.15, 0.2) is 5.79 Å². The topological polar surface area (TPSA) is 18.5 Å². The first kappa shape index (κ1) is 16.5. The molecule has 0 unspecified atom stereocenters. The third kappa shape index (κ3) is 4.82. The summed E-state index contributed by atoms with van der Waals surface area (Å²) in [5, 5.41) is 0. The molecule has 118 valence electrons. The van der Waals surface area contributed by atoms with Crippen LogP contribution in [0.2, 0.25) is 0 Å². The molecule has 0 spiro atoms. The van der Waals surface area contributed by atoms with Gasteiger partial charge in [0, 0.05) is 12.3 Å². The summed E-state index contributed by atoms with van der Waals surface area (Å²) in [6.45, 7) is 8.08. The average Bonchev–Trinajstić information content (AvgIpc) is 2.50. The Bertz CT molecular complexity index is 402. The molecule has 0 atom stereocenters. The first-order chi connectivity index (χ1) is 10.2. The van der Waals surface area contributed by atoms with Crippen molar-refractivity contribution >= 4 is 0 Å². The van der Waals surface area contributed by atoms with Gasteiger partial charge in [-0.3, -0.25) is 0 Å². The molecule has 1 heterocycles. The molecule has 0 aliphatic carbocycles. The molecule has 1 aliphatic heterocycles. The number of rotatable bonds is 7.